The van der Waals surface area contributed by atoms with E-state index in [2.05, 4.69) is 22.0 Å². The minimum atomic E-state index is -0.314. The number of hydrogen-bond acceptors (Lipinski definition) is 3. The maximum atomic E-state index is 11.3. The number of aromatic nitrogens is 1. The van der Waals surface area contributed by atoms with Crippen LogP contribution in [0.25, 0.3) is 0 Å². The number of aromatic amines is 1. The molecule has 0 aromatic carbocycles. The molecule has 1 aromatic heterocycles. The van der Waals surface area contributed by atoms with Crippen LogP contribution in [0.5, 0.6) is 0 Å². The molecule has 4 heteroatoms. The van der Waals surface area contributed by atoms with Crippen molar-refractivity contribution in [2.24, 2.45) is 5.41 Å². The van der Waals surface area contributed by atoms with Gasteiger partial charge in [0, 0.05) is 18.8 Å². The van der Waals surface area contributed by atoms with Crippen LogP contribution in [0.15, 0.2) is 12.1 Å². The third-order valence-corrected chi connectivity index (χ3v) is 3.70. The Hall–Kier alpha value is -1.29. The van der Waals surface area contributed by atoms with Crippen LogP contribution in [-0.2, 0) is 11.3 Å². The van der Waals surface area contributed by atoms with Crippen LogP contribution in [0.4, 0.5) is 0 Å². The predicted molar refractivity (Wildman–Crippen MR) is 70.4 cm³/mol. The van der Waals surface area contributed by atoms with Gasteiger partial charge in [0.15, 0.2) is 0 Å². The first-order valence-electron chi connectivity index (χ1n) is 6.66. The standard InChI is InChI=1S/C14H22N2O2/c1-3-6-14(7-8-14)10-15-9-11-4-5-12(16-11)13(17)18-2/h4-5,15-16H,3,6-10H2,1-2H3. The molecule has 0 saturated heterocycles. The molecule has 18 heavy (non-hydrogen) atoms. The Morgan fingerprint density at radius 2 is 2.28 bits per heavy atom. The lowest BCUT2D eigenvalue weighted by atomic mass is 10.0. The van der Waals surface area contributed by atoms with Crippen LogP contribution in [0.1, 0.15) is 48.8 Å². The summed E-state index contributed by atoms with van der Waals surface area (Å²) < 4.78 is 4.66. The molecular formula is C14H22N2O2. The lowest BCUT2D eigenvalue weighted by Gasteiger charge is -2.14. The van der Waals surface area contributed by atoms with Crippen molar-refractivity contribution in [2.45, 2.75) is 39.2 Å². The Morgan fingerprint density at radius 3 is 2.89 bits per heavy atom. The molecule has 1 aliphatic rings. The summed E-state index contributed by atoms with van der Waals surface area (Å²) in [4.78, 5) is 14.3. The van der Waals surface area contributed by atoms with Crippen LogP contribution >= 0.6 is 0 Å². The van der Waals surface area contributed by atoms with E-state index < -0.39 is 0 Å². The van der Waals surface area contributed by atoms with Crippen molar-refractivity contribution in [3.8, 4) is 0 Å². The molecule has 1 heterocycles. The highest BCUT2D eigenvalue weighted by atomic mass is 16.5. The number of rotatable bonds is 7. The van der Waals surface area contributed by atoms with Crippen molar-refractivity contribution in [2.75, 3.05) is 13.7 Å². The maximum absolute atomic E-state index is 11.3. The third kappa shape index (κ3) is 3.13. The van der Waals surface area contributed by atoms with Crippen molar-refractivity contribution in [1.29, 1.82) is 0 Å². The molecule has 1 saturated carbocycles. The van der Waals surface area contributed by atoms with E-state index in [-0.39, 0.29) is 5.97 Å². The van der Waals surface area contributed by atoms with Crippen molar-refractivity contribution in [3.63, 3.8) is 0 Å². The molecule has 0 spiro atoms. The fraction of sp³-hybridized carbons (Fsp3) is 0.643. The van der Waals surface area contributed by atoms with Crippen LogP contribution in [0.3, 0.4) is 0 Å². The Labute approximate surface area is 108 Å². The molecule has 2 rings (SSSR count). The highest BCUT2D eigenvalue weighted by molar-refractivity contribution is 5.87. The predicted octanol–water partition coefficient (Wildman–Crippen LogP) is 2.47. The van der Waals surface area contributed by atoms with Crippen LogP contribution < -0.4 is 5.32 Å². The fourth-order valence-corrected chi connectivity index (χ4v) is 2.46. The SMILES string of the molecule is CCCC1(CNCc2ccc(C(=O)OC)[nH]2)CC1. The largest absolute Gasteiger partial charge is 0.464 e. The van der Waals surface area contributed by atoms with Crippen molar-refractivity contribution >= 4 is 5.97 Å². The van der Waals surface area contributed by atoms with Crippen molar-refractivity contribution in [1.82, 2.24) is 10.3 Å². The van der Waals surface area contributed by atoms with Gasteiger partial charge in [-0.1, -0.05) is 13.3 Å². The number of H-pyrrole nitrogens is 1. The number of ether oxygens (including phenoxy) is 1. The van der Waals surface area contributed by atoms with Gasteiger partial charge in [0.25, 0.3) is 0 Å². The Kier molecular flexibility index (Phi) is 4.07. The summed E-state index contributed by atoms with van der Waals surface area (Å²) in [5.41, 5.74) is 2.11. The molecular weight excluding hydrogens is 228 g/mol. The normalized spacial score (nSPS) is 16.6. The zero-order valence-corrected chi connectivity index (χ0v) is 11.2. The summed E-state index contributed by atoms with van der Waals surface area (Å²) in [5, 5.41) is 3.48. The van der Waals surface area contributed by atoms with Gasteiger partial charge in [-0.2, -0.15) is 0 Å². The van der Waals surface area contributed by atoms with E-state index in [1.807, 2.05) is 6.07 Å². The second kappa shape index (κ2) is 5.57. The van der Waals surface area contributed by atoms with E-state index in [9.17, 15) is 4.79 Å². The highest BCUT2D eigenvalue weighted by Crippen LogP contribution is 2.48. The van der Waals surface area contributed by atoms with Crippen LogP contribution in [0.2, 0.25) is 0 Å². The van der Waals surface area contributed by atoms with E-state index in [4.69, 9.17) is 0 Å². The number of esters is 1. The summed E-state index contributed by atoms with van der Waals surface area (Å²) in [5.74, 6) is -0.314. The van der Waals surface area contributed by atoms with E-state index in [0.717, 1.165) is 18.8 Å². The number of carbonyl (C=O) groups is 1. The van der Waals surface area contributed by atoms with Gasteiger partial charge in [0.2, 0.25) is 0 Å². The number of hydrogen-bond donors (Lipinski definition) is 2. The van der Waals surface area contributed by atoms with Crippen LogP contribution in [0, 0.1) is 5.41 Å². The molecule has 1 aliphatic carbocycles. The minimum Gasteiger partial charge on any atom is -0.464 e. The maximum Gasteiger partial charge on any atom is 0.354 e. The fourth-order valence-electron chi connectivity index (χ4n) is 2.46. The van der Waals surface area contributed by atoms with E-state index in [1.54, 1.807) is 6.07 Å². The third-order valence-electron chi connectivity index (χ3n) is 3.70. The van der Waals surface area contributed by atoms with Gasteiger partial charge in [-0.3, -0.25) is 0 Å². The van der Waals surface area contributed by atoms with Crippen molar-refractivity contribution in [3.05, 3.63) is 23.5 Å². The summed E-state index contributed by atoms with van der Waals surface area (Å²) in [7, 11) is 1.39. The van der Waals surface area contributed by atoms with Gasteiger partial charge < -0.3 is 15.0 Å². The first-order chi connectivity index (χ1) is 8.69. The molecule has 4 nitrogen and oxygen atoms in total. The number of carbonyl (C=O) groups excluding carboxylic acids is 1. The quantitative estimate of drug-likeness (QED) is 0.731. The monoisotopic (exact) mass is 250 g/mol. The van der Waals surface area contributed by atoms with Gasteiger partial charge >= 0.3 is 5.97 Å². The Bertz CT molecular complexity index is 408. The molecule has 0 unspecified atom stereocenters. The highest BCUT2D eigenvalue weighted by Gasteiger charge is 2.40. The molecule has 0 atom stereocenters. The average molecular weight is 250 g/mol. The molecule has 100 valence electrons. The molecule has 0 amide bonds. The van der Waals surface area contributed by atoms with Gasteiger partial charge in [-0.05, 0) is 36.8 Å². The second-order valence-corrected chi connectivity index (χ2v) is 5.24. The summed E-state index contributed by atoms with van der Waals surface area (Å²) in [6.45, 7) is 4.10. The van der Waals surface area contributed by atoms with Gasteiger partial charge in [0.1, 0.15) is 5.69 Å². The second-order valence-electron chi connectivity index (χ2n) is 5.24. The zero-order chi connectivity index (χ0) is 13.0. The molecule has 1 fully saturated rings. The summed E-state index contributed by atoms with van der Waals surface area (Å²) in [6, 6.07) is 3.69. The molecule has 1 aromatic rings. The zero-order valence-electron chi connectivity index (χ0n) is 11.2. The Morgan fingerprint density at radius 1 is 1.50 bits per heavy atom. The average Bonchev–Trinajstić information content (AvgIpc) is 2.96. The number of methoxy groups -OCH3 is 1. The lowest BCUT2D eigenvalue weighted by molar-refractivity contribution is 0.0594. The van der Waals surface area contributed by atoms with E-state index in [1.165, 1.54) is 32.8 Å². The van der Waals surface area contributed by atoms with Gasteiger partial charge in [-0.15, -0.1) is 0 Å². The molecule has 0 aliphatic heterocycles. The number of nitrogens with one attached hydrogen (secondary N) is 2. The topological polar surface area (TPSA) is 54.1 Å². The van der Waals surface area contributed by atoms with Gasteiger partial charge in [0.05, 0.1) is 7.11 Å². The first-order valence-corrected chi connectivity index (χ1v) is 6.66. The van der Waals surface area contributed by atoms with Crippen molar-refractivity contribution < 1.29 is 9.53 Å². The Balaban J connectivity index is 1.77. The molecule has 0 radical (unpaired) electrons. The summed E-state index contributed by atoms with van der Waals surface area (Å²) in [6.07, 6.45) is 5.28. The van der Waals surface area contributed by atoms with E-state index >= 15 is 0 Å². The minimum absolute atomic E-state index is 0.314. The lowest BCUT2D eigenvalue weighted by Crippen LogP contribution is -2.23. The van der Waals surface area contributed by atoms with Gasteiger partial charge in [-0.25, -0.2) is 4.79 Å². The summed E-state index contributed by atoms with van der Waals surface area (Å²) >= 11 is 0. The molecule has 0 bridgehead atoms. The molecule has 2 N–H and O–H groups in total. The smallest absolute Gasteiger partial charge is 0.354 e. The van der Waals surface area contributed by atoms with E-state index in [0.29, 0.717) is 11.1 Å². The van der Waals surface area contributed by atoms with Crippen LogP contribution in [-0.4, -0.2) is 24.6 Å². The first kappa shape index (κ1) is 13.1.